The van der Waals surface area contributed by atoms with Crippen LogP contribution < -0.4 is 15.5 Å². The summed E-state index contributed by atoms with van der Waals surface area (Å²) in [5.41, 5.74) is 5.41. The maximum absolute atomic E-state index is 13.1. The van der Waals surface area contributed by atoms with Crippen molar-refractivity contribution >= 4 is 34.8 Å². The molecule has 0 aliphatic carbocycles. The number of benzene rings is 3. The molecule has 2 N–H and O–H groups in total. The molecule has 0 radical (unpaired) electrons. The number of aryl methyl sites for hydroxylation is 2. The minimum Gasteiger partial charge on any atom is -0.326 e. The summed E-state index contributed by atoms with van der Waals surface area (Å²) in [4.78, 5) is 38.8. The second-order valence-electron chi connectivity index (χ2n) is 7.99. The Balaban J connectivity index is 1.51. The monoisotopic (exact) mass is 427 g/mol. The largest absolute Gasteiger partial charge is 0.326 e. The van der Waals surface area contributed by atoms with E-state index in [2.05, 4.69) is 10.6 Å². The van der Waals surface area contributed by atoms with Crippen molar-refractivity contribution < 1.29 is 14.4 Å². The molecule has 0 unspecified atom stereocenters. The van der Waals surface area contributed by atoms with Crippen LogP contribution in [-0.2, 0) is 11.2 Å². The third kappa shape index (κ3) is 4.70. The summed E-state index contributed by atoms with van der Waals surface area (Å²) in [5, 5.41) is 5.57. The lowest BCUT2D eigenvalue weighted by Gasteiger charge is -2.30. The van der Waals surface area contributed by atoms with Crippen molar-refractivity contribution in [3.8, 4) is 0 Å². The fraction of sp³-hybridized carbons (Fsp3) is 0.192. The van der Waals surface area contributed by atoms with Gasteiger partial charge in [0.2, 0.25) is 5.91 Å². The molecule has 4 rings (SSSR count). The third-order valence-corrected chi connectivity index (χ3v) is 5.43. The highest BCUT2D eigenvalue weighted by atomic mass is 16.2. The van der Waals surface area contributed by atoms with Gasteiger partial charge in [0.05, 0.1) is 0 Å². The van der Waals surface area contributed by atoms with Crippen molar-refractivity contribution in [1.29, 1.82) is 0 Å². The minimum atomic E-state index is -0.220. The molecule has 162 valence electrons. The first-order valence-corrected chi connectivity index (χ1v) is 10.6. The lowest BCUT2D eigenvalue weighted by molar-refractivity contribution is -0.114. The Morgan fingerprint density at radius 3 is 2.25 bits per heavy atom. The number of amides is 3. The number of hydrogen-bond donors (Lipinski definition) is 2. The van der Waals surface area contributed by atoms with E-state index in [-0.39, 0.29) is 17.7 Å². The van der Waals surface area contributed by atoms with Crippen LogP contribution in [0.4, 0.5) is 17.1 Å². The summed E-state index contributed by atoms with van der Waals surface area (Å²) in [6.07, 6.45) is 1.67. The Morgan fingerprint density at radius 1 is 0.844 bits per heavy atom. The number of nitrogens with one attached hydrogen (secondary N) is 2. The molecular formula is C26H25N3O3. The van der Waals surface area contributed by atoms with E-state index in [1.807, 2.05) is 43.3 Å². The van der Waals surface area contributed by atoms with Crippen LogP contribution in [0, 0.1) is 6.92 Å². The van der Waals surface area contributed by atoms with Crippen molar-refractivity contribution in [2.45, 2.75) is 26.7 Å². The van der Waals surface area contributed by atoms with Gasteiger partial charge in [-0.1, -0.05) is 17.7 Å². The predicted molar refractivity (Wildman–Crippen MR) is 126 cm³/mol. The summed E-state index contributed by atoms with van der Waals surface area (Å²) in [5.74, 6) is -0.390. The quantitative estimate of drug-likeness (QED) is 0.628. The number of anilines is 3. The Kier molecular flexibility index (Phi) is 6.03. The van der Waals surface area contributed by atoms with E-state index in [1.54, 1.807) is 35.2 Å². The van der Waals surface area contributed by atoms with E-state index in [0.717, 1.165) is 29.7 Å². The average Bonchev–Trinajstić information content (AvgIpc) is 2.78. The smallest absolute Gasteiger partial charge is 0.258 e. The summed E-state index contributed by atoms with van der Waals surface area (Å²) in [6, 6.07) is 20.0. The number of fused-ring (bicyclic) bond motifs is 1. The van der Waals surface area contributed by atoms with Crippen molar-refractivity contribution in [3.63, 3.8) is 0 Å². The Labute approximate surface area is 187 Å². The van der Waals surface area contributed by atoms with Gasteiger partial charge in [-0.3, -0.25) is 14.4 Å². The van der Waals surface area contributed by atoms with Crippen molar-refractivity contribution in [1.82, 2.24) is 0 Å². The van der Waals surface area contributed by atoms with Gasteiger partial charge in [0.25, 0.3) is 11.8 Å². The van der Waals surface area contributed by atoms with Crippen LogP contribution in [0.5, 0.6) is 0 Å². The van der Waals surface area contributed by atoms with Gasteiger partial charge in [-0.2, -0.15) is 0 Å². The number of carbonyl (C=O) groups is 3. The highest BCUT2D eigenvalue weighted by molar-refractivity contribution is 6.08. The second kappa shape index (κ2) is 9.06. The average molecular weight is 428 g/mol. The molecule has 0 atom stereocenters. The van der Waals surface area contributed by atoms with Crippen LogP contribution in [0.2, 0.25) is 0 Å². The van der Waals surface area contributed by atoms with Gasteiger partial charge in [0, 0.05) is 41.7 Å². The number of carbonyl (C=O) groups excluding carboxylic acids is 3. The van der Waals surface area contributed by atoms with Crippen LogP contribution in [0.15, 0.2) is 66.7 Å². The fourth-order valence-corrected chi connectivity index (χ4v) is 3.93. The summed E-state index contributed by atoms with van der Waals surface area (Å²) >= 11 is 0. The first kappa shape index (κ1) is 21.3. The van der Waals surface area contributed by atoms with Crippen LogP contribution in [-0.4, -0.2) is 24.3 Å². The lowest BCUT2D eigenvalue weighted by atomic mass is 9.98. The molecule has 0 aromatic heterocycles. The van der Waals surface area contributed by atoms with Gasteiger partial charge >= 0.3 is 0 Å². The molecule has 6 nitrogen and oxygen atoms in total. The topological polar surface area (TPSA) is 78.5 Å². The van der Waals surface area contributed by atoms with Gasteiger partial charge in [0.15, 0.2) is 0 Å². The zero-order chi connectivity index (χ0) is 22.7. The van der Waals surface area contributed by atoms with E-state index >= 15 is 0 Å². The normalized spacial score (nSPS) is 12.6. The molecule has 1 aliphatic heterocycles. The second-order valence-corrected chi connectivity index (χ2v) is 7.99. The molecule has 3 aromatic rings. The van der Waals surface area contributed by atoms with Gasteiger partial charge in [0.1, 0.15) is 0 Å². The number of hydrogen-bond acceptors (Lipinski definition) is 3. The molecule has 3 aromatic carbocycles. The zero-order valence-electron chi connectivity index (χ0n) is 18.1. The first-order chi connectivity index (χ1) is 15.4. The summed E-state index contributed by atoms with van der Waals surface area (Å²) in [6.45, 7) is 4.08. The molecular weight excluding hydrogens is 402 g/mol. The van der Waals surface area contributed by atoms with Crippen LogP contribution in [0.25, 0.3) is 0 Å². The van der Waals surface area contributed by atoms with Crippen molar-refractivity contribution in [2.24, 2.45) is 0 Å². The Hall–Kier alpha value is -3.93. The highest BCUT2D eigenvalue weighted by Crippen LogP contribution is 2.30. The molecule has 6 heteroatoms. The van der Waals surface area contributed by atoms with E-state index in [9.17, 15) is 14.4 Å². The Bertz CT molecular complexity index is 1190. The van der Waals surface area contributed by atoms with E-state index in [4.69, 9.17) is 0 Å². The van der Waals surface area contributed by atoms with Crippen LogP contribution >= 0.6 is 0 Å². The standard InChI is InChI=1S/C26H25N3O3/c1-17-5-3-6-21(15-17)26(32)29-14-4-7-19-16-20(8-13-24(19)29)25(31)28-23-11-9-22(10-12-23)27-18(2)30/h3,5-6,8-13,15-16H,4,7,14H2,1-2H3,(H,27,30)(H,28,31). The summed E-state index contributed by atoms with van der Waals surface area (Å²) in [7, 11) is 0. The van der Waals surface area contributed by atoms with Gasteiger partial charge in [-0.25, -0.2) is 0 Å². The van der Waals surface area contributed by atoms with Gasteiger partial charge in [-0.05, 0) is 79.9 Å². The maximum Gasteiger partial charge on any atom is 0.258 e. The minimum absolute atomic E-state index is 0.0221. The lowest BCUT2D eigenvalue weighted by Crippen LogP contribution is -2.35. The maximum atomic E-state index is 13.1. The first-order valence-electron chi connectivity index (χ1n) is 10.6. The highest BCUT2D eigenvalue weighted by Gasteiger charge is 2.24. The molecule has 32 heavy (non-hydrogen) atoms. The van der Waals surface area contributed by atoms with Crippen LogP contribution in [0.1, 0.15) is 45.2 Å². The number of nitrogens with zero attached hydrogens (tertiary/aromatic N) is 1. The SMILES string of the molecule is CC(=O)Nc1ccc(NC(=O)c2ccc3c(c2)CCCN3C(=O)c2cccc(C)c2)cc1. The third-order valence-electron chi connectivity index (χ3n) is 5.43. The molecule has 1 aliphatic rings. The van der Waals surface area contributed by atoms with Crippen molar-refractivity contribution in [3.05, 3.63) is 89.0 Å². The van der Waals surface area contributed by atoms with E-state index in [1.165, 1.54) is 6.92 Å². The molecule has 0 spiro atoms. The van der Waals surface area contributed by atoms with E-state index < -0.39 is 0 Å². The predicted octanol–water partition coefficient (Wildman–Crippen LogP) is 4.80. The van der Waals surface area contributed by atoms with Crippen molar-refractivity contribution in [2.75, 3.05) is 22.1 Å². The number of rotatable bonds is 4. The molecule has 3 amide bonds. The molecule has 0 fully saturated rings. The zero-order valence-corrected chi connectivity index (χ0v) is 18.1. The Morgan fingerprint density at radius 2 is 1.56 bits per heavy atom. The van der Waals surface area contributed by atoms with Gasteiger partial charge < -0.3 is 15.5 Å². The van der Waals surface area contributed by atoms with Crippen LogP contribution in [0.3, 0.4) is 0 Å². The molecule has 0 saturated carbocycles. The molecule has 0 bridgehead atoms. The molecule has 0 saturated heterocycles. The van der Waals surface area contributed by atoms with Gasteiger partial charge in [-0.15, -0.1) is 0 Å². The van der Waals surface area contributed by atoms with E-state index in [0.29, 0.717) is 29.0 Å². The molecule has 1 heterocycles. The fourth-order valence-electron chi connectivity index (χ4n) is 3.93. The summed E-state index contributed by atoms with van der Waals surface area (Å²) < 4.78 is 0.